The molecular formula is C14H16BrF2N3. The van der Waals surface area contributed by atoms with Gasteiger partial charge in [0.05, 0.1) is 22.4 Å². The van der Waals surface area contributed by atoms with Crippen LogP contribution in [0.2, 0.25) is 0 Å². The number of hydrogen-bond donors (Lipinski definition) is 1. The molecule has 0 radical (unpaired) electrons. The van der Waals surface area contributed by atoms with E-state index in [0.29, 0.717) is 18.7 Å². The van der Waals surface area contributed by atoms with E-state index in [-0.39, 0.29) is 6.04 Å². The maximum Gasteiger partial charge on any atom is 0.126 e. The average Bonchev–Trinajstić information content (AvgIpc) is 2.76. The lowest BCUT2D eigenvalue weighted by Crippen LogP contribution is -2.25. The van der Waals surface area contributed by atoms with Crippen molar-refractivity contribution in [3.8, 4) is 0 Å². The summed E-state index contributed by atoms with van der Waals surface area (Å²) in [6.07, 6.45) is 1.69. The highest BCUT2D eigenvalue weighted by Crippen LogP contribution is 2.29. The summed E-state index contributed by atoms with van der Waals surface area (Å²) < 4.78 is 29.5. The van der Waals surface area contributed by atoms with Crippen LogP contribution in [-0.2, 0) is 6.54 Å². The van der Waals surface area contributed by atoms with Gasteiger partial charge in [0.1, 0.15) is 11.6 Å². The molecule has 0 aliphatic rings. The Morgan fingerprint density at radius 1 is 1.25 bits per heavy atom. The molecule has 2 rings (SSSR count). The van der Waals surface area contributed by atoms with Gasteiger partial charge < -0.3 is 5.32 Å². The van der Waals surface area contributed by atoms with E-state index in [1.807, 2.05) is 13.8 Å². The first-order chi connectivity index (χ1) is 9.56. The summed E-state index contributed by atoms with van der Waals surface area (Å²) in [5.74, 6) is -1.16. The first kappa shape index (κ1) is 15.1. The van der Waals surface area contributed by atoms with Crippen molar-refractivity contribution in [2.75, 3.05) is 6.54 Å². The molecule has 0 saturated heterocycles. The maximum absolute atomic E-state index is 13.5. The van der Waals surface area contributed by atoms with Crippen LogP contribution in [0.3, 0.4) is 0 Å². The van der Waals surface area contributed by atoms with Crippen molar-refractivity contribution in [2.45, 2.75) is 26.4 Å². The lowest BCUT2D eigenvalue weighted by Gasteiger charge is -2.20. The second-order valence-electron chi connectivity index (χ2n) is 4.39. The van der Waals surface area contributed by atoms with Crippen LogP contribution in [0.25, 0.3) is 0 Å². The van der Waals surface area contributed by atoms with Gasteiger partial charge in [0, 0.05) is 12.6 Å². The summed E-state index contributed by atoms with van der Waals surface area (Å²) >= 11 is 3.45. The molecule has 6 heteroatoms. The lowest BCUT2D eigenvalue weighted by atomic mass is 10.0. The van der Waals surface area contributed by atoms with Gasteiger partial charge in [-0.25, -0.2) is 8.78 Å². The highest BCUT2D eigenvalue weighted by Gasteiger charge is 2.21. The van der Waals surface area contributed by atoms with Gasteiger partial charge in [0.25, 0.3) is 0 Å². The van der Waals surface area contributed by atoms with Crippen LogP contribution in [0.4, 0.5) is 8.78 Å². The average molecular weight is 344 g/mol. The maximum atomic E-state index is 13.5. The third-order valence-corrected chi connectivity index (χ3v) is 3.64. The van der Waals surface area contributed by atoms with Crippen molar-refractivity contribution in [2.24, 2.45) is 0 Å². The Kier molecular flexibility index (Phi) is 4.88. The standard InChI is InChI=1S/C14H16BrF2N3/c1-3-18-13(9-5-10(16)7-11(17)6-9)14-12(15)8-19-20(14)4-2/h5-8,13,18H,3-4H2,1-2H3. The zero-order valence-electron chi connectivity index (χ0n) is 11.3. The van der Waals surface area contributed by atoms with Gasteiger partial charge in [-0.2, -0.15) is 5.10 Å². The van der Waals surface area contributed by atoms with Crippen molar-refractivity contribution in [1.29, 1.82) is 0 Å². The van der Waals surface area contributed by atoms with Crippen molar-refractivity contribution in [3.63, 3.8) is 0 Å². The van der Waals surface area contributed by atoms with E-state index in [1.165, 1.54) is 12.1 Å². The second-order valence-corrected chi connectivity index (χ2v) is 5.24. The molecule has 0 aliphatic carbocycles. The van der Waals surface area contributed by atoms with E-state index in [9.17, 15) is 8.78 Å². The van der Waals surface area contributed by atoms with E-state index in [0.717, 1.165) is 16.2 Å². The van der Waals surface area contributed by atoms with Crippen LogP contribution < -0.4 is 5.32 Å². The Hall–Kier alpha value is -1.27. The van der Waals surface area contributed by atoms with Gasteiger partial charge >= 0.3 is 0 Å². The summed E-state index contributed by atoms with van der Waals surface area (Å²) in [6.45, 7) is 5.27. The molecule has 108 valence electrons. The minimum atomic E-state index is -0.582. The summed E-state index contributed by atoms with van der Waals surface area (Å²) in [5.41, 5.74) is 1.40. The number of nitrogens with zero attached hydrogens (tertiary/aromatic N) is 2. The summed E-state index contributed by atoms with van der Waals surface area (Å²) in [5, 5.41) is 7.50. The third-order valence-electron chi connectivity index (χ3n) is 3.03. The van der Waals surface area contributed by atoms with E-state index in [1.54, 1.807) is 10.9 Å². The van der Waals surface area contributed by atoms with Gasteiger partial charge in [-0.05, 0) is 47.1 Å². The van der Waals surface area contributed by atoms with E-state index < -0.39 is 11.6 Å². The molecule has 0 bridgehead atoms. The minimum Gasteiger partial charge on any atom is -0.305 e. The second kappa shape index (κ2) is 6.45. The molecule has 1 aromatic carbocycles. The van der Waals surface area contributed by atoms with Gasteiger partial charge in [0.2, 0.25) is 0 Å². The molecular weight excluding hydrogens is 328 g/mol. The fraction of sp³-hybridized carbons (Fsp3) is 0.357. The fourth-order valence-electron chi connectivity index (χ4n) is 2.23. The van der Waals surface area contributed by atoms with Crippen LogP contribution in [0.1, 0.15) is 31.1 Å². The van der Waals surface area contributed by atoms with Crippen LogP contribution in [-0.4, -0.2) is 16.3 Å². The van der Waals surface area contributed by atoms with Crippen molar-refractivity contribution >= 4 is 15.9 Å². The number of nitrogens with one attached hydrogen (secondary N) is 1. The zero-order chi connectivity index (χ0) is 14.7. The molecule has 1 N–H and O–H groups in total. The molecule has 2 aromatic rings. The van der Waals surface area contributed by atoms with Gasteiger partial charge in [-0.15, -0.1) is 0 Å². The molecule has 0 amide bonds. The Labute approximate surface area is 125 Å². The van der Waals surface area contributed by atoms with Gasteiger partial charge in [0.15, 0.2) is 0 Å². The monoisotopic (exact) mass is 343 g/mol. The van der Waals surface area contributed by atoms with Crippen LogP contribution in [0.5, 0.6) is 0 Å². The largest absolute Gasteiger partial charge is 0.305 e. The quantitative estimate of drug-likeness (QED) is 0.898. The molecule has 20 heavy (non-hydrogen) atoms. The van der Waals surface area contributed by atoms with Crippen molar-refractivity contribution in [1.82, 2.24) is 15.1 Å². The van der Waals surface area contributed by atoms with Crippen molar-refractivity contribution < 1.29 is 8.78 Å². The molecule has 3 nitrogen and oxygen atoms in total. The predicted molar refractivity (Wildman–Crippen MR) is 77.5 cm³/mol. The predicted octanol–water partition coefficient (Wildman–Crippen LogP) is 3.64. The zero-order valence-corrected chi connectivity index (χ0v) is 12.9. The highest BCUT2D eigenvalue weighted by molar-refractivity contribution is 9.10. The Morgan fingerprint density at radius 3 is 2.45 bits per heavy atom. The number of rotatable bonds is 5. The normalized spacial score (nSPS) is 12.7. The third kappa shape index (κ3) is 3.07. The summed E-state index contributed by atoms with van der Waals surface area (Å²) in [6, 6.07) is 3.24. The Morgan fingerprint density at radius 2 is 1.90 bits per heavy atom. The topological polar surface area (TPSA) is 29.9 Å². The van der Waals surface area contributed by atoms with E-state index in [2.05, 4.69) is 26.3 Å². The van der Waals surface area contributed by atoms with Crippen LogP contribution >= 0.6 is 15.9 Å². The number of benzene rings is 1. The summed E-state index contributed by atoms with van der Waals surface area (Å²) in [7, 11) is 0. The first-order valence-corrected chi connectivity index (χ1v) is 7.26. The molecule has 1 unspecified atom stereocenters. The molecule has 0 spiro atoms. The molecule has 1 heterocycles. The first-order valence-electron chi connectivity index (χ1n) is 6.47. The minimum absolute atomic E-state index is 0.318. The number of halogens is 3. The number of aryl methyl sites for hydroxylation is 1. The molecule has 1 aromatic heterocycles. The number of hydrogen-bond acceptors (Lipinski definition) is 2. The van der Waals surface area contributed by atoms with Crippen molar-refractivity contribution in [3.05, 3.63) is 51.8 Å². The van der Waals surface area contributed by atoms with Crippen LogP contribution in [0, 0.1) is 11.6 Å². The lowest BCUT2D eigenvalue weighted by molar-refractivity contribution is 0.528. The van der Waals surface area contributed by atoms with Crippen LogP contribution in [0.15, 0.2) is 28.9 Å². The molecule has 1 atom stereocenters. The molecule has 0 fully saturated rings. The highest BCUT2D eigenvalue weighted by atomic mass is 79.9. The van der Waals surface area contributed by atoms with Gasteiger partial charge in [-0.3, -0.25) is 4.68 Å². The number of aromatic nitrogens is 2. The Bertz CT molecular complexity index is 578. The molecule has 0 saturated carbocycles. The van der Waals surface area contributed by atoms with E-state index in [4.69, 9.17) is 0 Å². The smallest absolute Gasteiger partial charge is 0.126 e. The SMILES string of the molecule is CCNC(c1cc(F)cc(F)c1)c1c(Br)cnn1CC. The van der Waals surface area contributed by atoms with Gasteiger partial charge in [-0.1, -0.05) is 6.92 Å². The van der Waals surface area contributed by atoms with E-state index >= 15 is 0 Å². The fourth-order valence-corrected chi connectivity index (χ4v) is 2.75. The molecule has 0 aliphatic heterocycles. The summed E-state index contributed by atoms with van der Waals surface area (Å²) in [4.78, 5) is 0. The Balaban J connectivity index is 2.52.